The Balaban J connectivity index is 1.57. The van der Waals surface area contributed by atoms with E-state index < -0.39 is 0 Å². The molecule has 160 valence electrons. The van der Waals surface area contributed by atoms with Crippen molar-refractivity contribution in [1.82, 2.24) is 9.38 Å². The minimum absolute atomic E-state index is 0.0163. The number of carbonyl (C=O) groups excluding carboxylic acids is 1. The van der Waals surface area contributed by atoms with Crippen molar-refractivity contribution in [3.8, 4) is 0 Å². The van der Waals surface area contributed by atoms with Crippen molar-refractivity contribution in [2.45, 2.75) is 32.1 Å². The molecule has 1 aromatic carbocycles. The standard InChI is InChI=1S/C25H28N4O2/c1-19(30)29(22-12-10-21(11-13-22)27-15-17-31-18-16-27)25-24(20-7-3-2-4-8-20)26-23-9-5-6-14-28(23)25/h2-3,5-6,9-14,20H,4,7-8,15-18H2,1H3. The van der Waals surface area contributed by atoms with Gasteiger partial charge in [0.25, 0.3) is 0 Å². The highest BCUT2D eigenvalue weighted by Gasteiger charge is 2.28. The third kappa shape index (κ3) is 3.83. The van der Waals surface area contributed by atoms with E-state index >= 15 is 0 Å². The summed E-state index contributed by atoms with van der Waals surface area (Å²) in [7, 11) is 0. The SMILES string of the molecule is CC(=O)N(c1ccc(N2CCOCC2)cc1)c1c(C2CC=CCC2)nc2ccccn12. The molecule has 0 bridgehead atoms. The highest BCUT2D eigenvalue weighted by Crippen LogP contribution is 2.39. The lowest BCUT2D eigenvalue weighted by molar-refractivity contribution is -0.115. The number of nitrogens with zero attached hydrogens (tertiary/aromatic N) is 4. The van der Waals surface area contributed by atoms with E-state index in [0.29, 0.717) is 5.92 Å². The first-order valence-electron chi connectivity index (χ1n) is 11.1. The van der Waals surface area contributed by atoms with Crippen LogP contribution >= 0.6 is 0 Å². The molecule has 3 heterocycles. The van der Waals surface area contributed by atoms with Crippen LogP contribution in [0.15, 0.2) is 60.8 Å². The molecule has 2 aliphatic rings. The molecule has 0 radical (unpaired) electrons. The van der Waals surface area contributed by atoms with E-state index in [0.717, 1.165) is 74.1 Å². The highest BCUT2D eigenvalue weighted by atomic mass is 16.5. The van der Waals surface area contributed by atoms with Crippen LogP contribution in [0.5, 0.6) is 0 Å². The normalized spacial score (nSPS) is 19.0. The first-order valence-corrected chi connectivity index (χ1v) is 11.1. The summed E-state index contributed by atoms with van der Waals surface area (Å²) in [6.07, 6.45) is 9.52. The molecule has 0 spiro atoms. The molecule has 1 aliphatic carbocycles. The molecule has 1 atom stereocenters. The van der Waals surface area contributed by atoms with E-state index in [2.05, 4.69) is 29.2 Å². The molecule has 6 nitrogen and oxygen atoms in total. The second kappa shape index (κ2) is 8.55. The smallest absolute Gasteiger partial charge is 0.229 e. The van der Waals surface area contributed by atoms with Crippen LogP contribution in [-0.2, 0) is 9.53 Å². The van der Waals surface area contributed by atoms with Crippen molar-refractivity contribution in [2.75, 3.05) is 36.1 Å². The summed E-state index contributed by atoms with van der Waals surface area (Å²) >= 11 is 0. The van der Waals surface area contributed by atoms with Crippen LogP contribution in [0.3, 0.4) is 0 Å². The number of hydrogen-bond donors (Lipinski definition) is 0. The van der Waals surface area contributed by atoms with Crippen LogP contribution in [0, 0.1) is 0 Å². The summed E-state index contributed by atoms with van der Waals surface area (Å²) in [5.41, 5.74) is 3.90. The fourth-order valence-electron chi connectivity index (χ4n) is 4.63. The van der Waals surface area contributed by atoms with Gasteiger partial charge in [0.2, 0.25) is 5.91 Å². The number of allylic oxidation sites excluding steroid dienone is 2. The van der Waals surface area contributed by atoms with Gasteiger partial charge in [0, 0.05) is 37.8 Å². The van der Waals surface area contributed by atoms with Crippen molar-refractivity contribution < 1.29 is 9.53 Å². The number of rotatable bonds is 4. The van der Waals surface area contributed by atoms with Crippen molar-refractivity contribution >= 4 is 28.7 Å². The van der Waals surface area contributed by atoms with Crippen LogP contribution in [0.25, 0.3) is 5.65 Å². The molecule has 1 unspecified atom stereocenters. The van der Waals surface area contributed by atoms with Crippen LogP contribution in [0.4, 0.5) is 17.2 Å². The van der Waals surface area contributed by atoms with Gasteiger partial charge in [-0.3, -0.25) is 14.1 Å². The fourth-order valence-corrected chi connectivity index (χ4v) is 4.63. The van der Waals surface area contributed by atoms with Gasteiger partial charge >= 0.3 is 0 Å². The van der Waals surface area contributed by atoms with Gasteiger partial charge in [-0.1, -0.05) is 18.2 Å². The van der Waals surface area contributed by atoms with Crippen LogP contribution < -0.4 is 9.80 Å². The molecule has 6 heteroatoms. The largest absolute Gasteiger partial charge is 0.378 e. The van der Waals surface area contributed by atoms with Crippen molar-refractivity contribution in [3.05, 3.63) is 66.5 Å². The molecule has 31 heavy (non-hydrogen) atoms. The molecule has 1 fully saturated rings. The number of ether oxygens (including phenoxy) is 1. The summed E-state index contributed by atoms with van der Waals surface area (Å²) in [5.74, 6) is 1.16. The van der Waals surface area contributed by atoms with Gasteiger partial charge in [-0.2, -0.15) is 0 Å². The van der Waals surface area contributed by atoms with Gasteiger partial charge in [-0.25, -0.2) is 4.98 Å². The number of imidazole rings is 1. The van der Waals surface area contributed by atoms with Gasteiger partial charge in [0.1, 0.15) is 11.5 Å². The second-order valence-corrected chi connectivity index (χ2v) is 8.20. The Morgan fingerprint density at radius 2 is 1.90 bits per heavy atom. The average molecular weight is 417 g/mol. The summed E-state index contributed by atoms with van der Waals surface area (Å²) in [6.45, 7) is 4.91. The van der Waals surface area contributed by atoms with E-state index in [1.54, 1.807) is 6.92 Å². The summed E-state index contributed by atoms with van der Waals surface area (Å²) < 4.78 is 7.51. The van der Waals surface area contributed by atoms with Crippen LogP contribution in [-0.4, -0.2) is 41.6 Å². The Labute approximate surface area is 182 Å². The van der Waals surface area contributed by atoms with E-state index in [-0.39, 0.29) is 5.91 Å². The summed E-state index contributed by atoms with van der Waals surface area (Å²) in [4.78, 5) is 22.1. The number of morpholine rings is 1. The molecule has 1 saturated heterocycles. The average Bonchev–Trinajstić information content (AvgIpc) is 3.20. The molecule has 2 aromatic heterocycles. The van der Waals surface area contributed by atoms with E-state index in [9.17, 15) is 4.79 Å². The molecule has 5 rings (SSSR count). The van der Waals surface area contributed by atoms with Gasteiger partial charge in [0.05, 0.1) is 24.6 Å². The van der Waals surface area contributed by atoms with Gasteiger partial charge in [0.15, 0.2) is 0 Å². The molecule has 0 N–H and O–H groups in total. The summed E-state index contributed by atoms with van der Waals surface area (Å²) in [6, 6.07) is 14.3. The first kappa shape index (κ1) is 19.8. The predicted octanol–water partition coefficient (Wildman–Crippen LogP) is 4.68. The lowest BCUT2D eigenvalue weighted by atomic mass is 9.91. The topological polar surface area (TPSA) is 50.1 Å². The lowest BCUT2D eigenvalue weighted by Gasteiger charge is -2.30. The number of pyridine rings is 1. The highest BCUT2D eigenvalue weighted by molar-refractivity contribution is 5.99. The number of fused-ring (bicyclic) bond motifs is 1. The molecule has 3 aromatic rings. The Kier molecular flexibility index (Phi) is 5.47. The molecule has 1 aliphatic heterocycles. The third-order valence-electron chi connectivity index (χ3n) is 6.20. The maximum atomic E-state index is 13.0. The second-order valence-electron chi connectivity index (χ2n) is 8.20. The number of amides is 1. The van der Waals surface area contributed by atoms with Gasteiger partial charge in [-0.05, 0) is 55.7 Å². The van der Waals surface area contributed by atoms with E-state index in [4.69, 9.17) is 9.72 Å². The van der Waals surface area contributed by atoms with Crippen molar-refractivity contribution in [2.24, 2.45) is 0 Å². The predicted molar refractivity (Wildman–Crippen MR) is 123 cm³/mol. The Bertz CT molecular complexity index is 1100. The van der Waals surface area contributed by atoms with Crippen LogP contribution in [0.1, 0.15) is 37.8 Å². The minimum atomic E-state index is -0.0163. The van der Waals surface area contributed by atoms with E-state index in [1.165, 1.54) is 0 Å². The third-order valence-corrected chi connectivity index (χ3v) is 6.20. The maximum Gasteiger partial charge on any atom is 0.229 e. The van der Waals surface area contributed by atoms with Gasteiger partial charge in [-0.15, -0.1) is 0 Å². The first-order chi connectivity index (χ1) is 15.2. The van der Waals surface area contributed by atoms with E-state index in [1.807, 2.05) is 45.8 Å². The molecule has 1 amide bonds. The van der Waals surface area contributed by atoms with Crippen molar-refractivity contribution in [1.29, 1.82) is 0 Å². The fraction of sp³-hybridized carbons (Fsp3) is 0.360. The number of anilines is 3. The van der Waals surface area contributed by atoms with Gasteiger partial charge < -0.3 is 9.64 Å². The maximum absolute atomic E-state index is 13.0. The Morgan fingerprint density at radius 1 is 1.10 bits per heavy atom. The monoisotopic (exact) mass is 416 g/mol. The molecular weight excluding hydrogens is 388 g/mol. The quantitative estimate of drug-likeness (QED) is 0.580. The number of aromatic nitrogens is 2. The number of carbonyl (C=O) groups is 1. The Morgan fingerprint density at radius 3 is 2.61 bits per heavy atom. The zero-order valence-electron chi connectivity index (χ0n) is 17.9. The zero-order valence-corrected chi connectivity index (χ0v) is 17.9. The zero-order chi connectivity index (χ0) is 21.2. The number of benzene rings is 1. The summed E-state index contributed by atoms with van der Waals surface area (Å²) in [5, 5.41) is 0. The minimum Gasteiger partial charge on any atom is -0.378 e. The lowest BCUT2D eigenvalue weighted by Crippen LogP contribution is -2.36. The Hall–Kier alpha value is -3.12. The number of hydrogen-bond acceptors (Lipinski definition) is 4. The molecule has 0 saturated carbocycles. The van der Waals surface area contributed by atoms with Crippen LogP contribution in [0.2, 0.25) is 0 Å². The van der Waals surface area contributed by atoms with Crippen molar-refractivity contribution in [3.63, 3.8) is 0 Å². The molecular formula is C25H28N4O2.